The summed E-state index contributed by atoms with van der Waals surface area (Å²) in [6.07, 6.45) is -1.18. The Morgan fingerprint density at radius 2 is 1.82 bits per heavy atom. The molecule has 0 bridgehead atoms. The summed E-state index contributed by atoms with van der Waals surface area (Å²) >= 11 is 5.03. The molecule has 11 heavy (non-hydrogen) atoms. The van der Waals surface area contributed by atoms with Gasteiger partial charge in [0, 0.05) is 5.88 Å². The van der Waals surface area contributed by atoms with Gasteiger partial charge in [-0.25, -0.2) is 0 Å². The van der Waals surface area contributed by atoms with E-state index in [0.717, 1.165) is 0 Å². The molecule has 8 heteroatoms. The van der Waals surface area contributed by atoms with Crippen LogP contribution in [0.4, 0.5) is 0 Å². The van der Waals surface area contributed by atoms with Gasteiger partial charge in [0.2, 0.25) is 0 Å². The number of aliphatic hydroxyl groups is 1. The van der Waals surface area contributed by atoms with Gasteiger partial charge in [-0.3, -0.25) is 4.55 Å². The molecule has 0 aromatic heterocycles. The minimum atomic E-state index is -4.07. The quantitative estimate of drug-likeness (QED) is 0.323. The Morgan fingerprint density at radius 3 is 1.91 bits per heavy atom. The van der Waals surface area contributed by atoms with Gasteiger partial charge in [0.25, 0.3) is 10.1 Å². The van der Waals surface area contributed by atoms with E-state index in [-0.39, 0.29) is 40.9 Å². The van der Waals surface area contributed by atoms with Crippen molar-refractivity contribution in [1.29, 1.82) is 0 Å². The average molecular weight is 217 g/mol. The molecule has 1 atom stereocenters. The predicted octanol–water partition coefficient (Wildman–Crippen LogP) is -2.00. The second-order valence-electron chi connectivity index (χ2n) is 1.56. The van der Waals surface area contributed by atoms with Crippen LogP contribution in [0.3, 0.4) is 0 Å². The third-order valence-corrected chi connectivity index (χ3v) is 1.74. The first-order valence-corrected chi connectivity index (χ1v) is 4.29. The molecule has 0 saturated heterocycles. The predicted molar refractivity (Wildman–Crippen MR) is 43.9 cm³/mol. The van der Waals surface area contributed by atoms with Crippen LogP contribution < -0.4 is 0 Å². The Labute approximate surface area is 92.1 Å². The molecule has 0 spiro atoms. The number of halogens is 1. The van der Waals surface area contributed by atoms with Crippen molar-refractivity contribution >= 4 is 51.3 Å². The summed E-state index contributed by atoms with van der Waals surface area (Å²) in [4.78, 5) is 0. The summed E-state index contributed by atoms with van der Waals surface area (Å²) in [5.74, 6) is -0.893. The molecular formula is C3H10ClNaO5S. The summed E-state index contributed by atoms with van der Waals surface area (Å²) in [5, 5.41) is 8.52. The number of aliphatic hydroxyl groups excluding tert-OH is 1. The van der Waals surface area contributed by atoms with Crippen LogP contribution in [0, 0.1) is 0 Å². The molecule has 0 aromatic carbocycles. The molecule has 0 aliphatic rings. The standard InChI is InChI=1S/C3H7ClO4S.Na.H2O.H/c4-1-3(5)2-9(6,7)8;;;/h3,5H,1-2H2,(H,6,7,8);;1H2;. The van der Waals surface area contributed by atoms with E-state index in [9.17, 15) is 8.42 Å². The van der Waals surface area contributed by atoms with Crippen LogP contribution in [0.25, 0.3) is 0 Å². The molecule has 0 fully saturated rings. The molecule has 0 saturated carbocycles. The van der Waals surface area contributed by atoms with E-state index in [1.807, 2.05) is 0 Å². The van der Waals surface area contributed by atoms with E-state index in [1.54, 1.807) is 0 Å². The molecular weight excluding hydrogens is 207 g/mol. The van der Waals surface area contributed by atoms with Crippen LogP contribution in [0.5, 0.6) is 0 Å². The maximum absolute atomic E-state index is 9.94. The molecule has 0 rings (SSSR count). The van der Waals surface area contributed by atoms with E-state index < -0.39 is 22.0 Å². The van der Waals surface area contributed by atoms with Gasteiger partial charge >= 0.3 is 29.6 Å². The van der Waals surface area contributed by atoms with E-state index >= 15 is 0 Å². The average Bonchev–Trinajstić information content (AvgIpc) is 1.62. The van der Waals surface area contributed by atoms with E-state index in [0.29, 0.717) is 0 Å². The number of alkyl halides is 1. The second kappa shape index (κ2) is 7.75. The van der Waals surface area contributed by atoms with Crippen molar-refractivity contribution in [2.24, 2.45) is 0 Å². The van der Waals surface area contributed by atoms with E-state index in [1.165, 1.54) is 0 Å². The summed E-state index contributed by atoms with van der Waals surface area (Å²) in [7, 11) is -4.07. The molecule has 5 nitrogen and oxygen atoms in total. The van der Waals surface area contributed by atoms with E-state index in [4.69, 9.17) is 21.3 Å². The molecule has 1 unspecified atom stereocenters. The molecule has 4 N–H and O–H groups in total. The van der Waals surface area contributed by atoms with Gasteiger partial charge in [0.1, 0.15) is 5.75 Å². The Morgan fingerprint density at radius 1 is 1.45 bits per heavy atom. The number of hydrogen-bond donors (Lipinski definition) is 2. The zero-order valence-corrected chi connectivity index (χ0v) is 6.56. The summed E-state index contributed by atoms with van der Waals surface area (Å²) in [5.41, 5.74) is 0. The van der Waals surface area contributed by atoms with Crippen LogP contribution in [-0.2, 0) is 10.1 Å². The molecule has 0 aliphatic carbocycles. The van der Waals surface area contributed by atoms with Gasteiger partial charge in [-0.05, 0) is 0 Å². The van der Waals surface area contributed by atoms with Crippen molar-refractivity contribution in [3.63, 3.8) is 0 Å². The Bertz CT molecular complexity index is 169. The monoisotopic (exact) mass is 216 g/mol. The third kappa shape index (κ3) is 14.0. The van der Waals surface area contributed by atoms with Crippen LogP contribution in [0.2, 0.25) is 0 Å². The van der Waals surface area contributed by atoms with Gasteiger partial charge in [0.05, 0.1) is 6.10 Å². The summed E-state index contributed by atoms with van der Waals surface area (Å²) < 4.78 is 27.9. The fraction of sp³-hybridized carbons (Fsp3) is 1.00. The molecule has 0 aliphatic heterocycles. The minimum absolute atomic E-state index is 0. The van der Waals surface area contributed by atoms with Crippen LogP contribution in [0.1, 0.15) is 0 Å². The van der Waals surface area contributed by atoms with Crippen molar-refractivity contribution in [3.05, 3.63) is 0 Å². The first kappa shape index (κ1) is 18.0. The zero-order chi connectivity index (χ0) is 7.49. The Hall–Kier alpha value is 1.12. The van der Waals surface area contributed by atoms with Crippen molar-refractivity contribution in [3.8, 4) is 0 Å². The molecule has 0 heterocycles. The summed E-state index contributed by atoms with van der Waals surface area (Å²) in [6.45, 7) is 0. The fourth-order valence-electron chi connectivity index (χ4n) is 0.288. The maximum atomic E-state index is 9.94. The Balaban J connectivity index is -0.000000320. The van der Waals surface area contributed by atoms with Crippen LogP contribution in [0.15, 0.2) is 0 Å². The van der Waals surface area contributed by atoms with Crippen molar-refractivity contribution in [2.75, 3.05) is 11.6 Å². The van der Waals surface area contributed by atoms with Gasteiger partial charge in [0.15, 0.2) is 0 Å². The number of rotatable bonds is 3. The first-order chi connectivity index (χ1) is 3.95. The Kier molecular flexibility index (Phi) is 12.7. The third-order valence-electron chi connectivity index (χ3n) is 0.581. The van der Waals surface area contributed by atoms with Gasteiger partial charge < -0.3 is 10.6 Å². The molecule has 0 radical (unpaired) electrons. The topological polar surface area (TPSA) is 106 Å². The number of hydrogen-bond acceptors (Lipinski definition) is 3. The van der Waals surface area contributed by atoms with Gasteiger partial charge in [-0.15, -0.1) is 11.6 Å². The van der Waals surface area contributed by atoms with Crippen molar-refractivity contribution < 1.29 is 23.6 Å². The normalized spacial score (nSPS) is 12.6. The SMILES string of the molecule is O.O=S(=O)(O)CC(O)CCl.[NaH]. The second-order valence-corrected chi connectivity index (χ2v) is 3.36. The molecule has 66 valence electrons. The van der Waals surface area contributed by atoms with Gasteiger partial charge in [-0.1, -0.05) is 0 Å². The zero-order valence-electron chi connectivity index (χ0n) is 4.99. The molecule has 0 aromatic rings. The van der Waals surface area contributed by atoms with Crippen LogP contribution in [-0.4, -0.2) is 70.8 Å². The van der Waals surface area contributed by atoms with Crippen molar-refractivity contribution in [1.82, 2.24) is 0 Å². The van der Waals surface area contributed by atoms with Crippen molar-refractivity contribution in [2.45, 2.75) is 6.10 Å². The first-order valence-electron chi connectivity index (χ1n) is 2.15. The summed E-state index contributed by atoms with van der Waals surface area (Å²) in [6, 6.07) is 0. The van der Waals surface area contributed by atoms with Crippen LogP contribution >= 0.6 is 11.6 Å². The van der Waals surface area contributed by atoms with Gasteiger partial charge in [-0.2, -0.15) is 8.42 Å². The van der Waals surface area contributed by atoms with E-state index in [2.05, 4.69) is 0 Å². The fourth-order valence-corrected chi connectivity index (χ4v) is 1.13. The molecule has 0 amide bonds.